The summed E-state index contributed by atoms with van der Waals surface area (Å²) >= 11 is 0. The fraction of sp³-hybridized carbons (Fsp3) is 0.781. The molecule has 0 spiro atoms. The quantitative estimate of drug-likeness (QED) is 0.286. The Labute approximate surface area is 213 Å². The molecule has 0 aromatic carbocycles. The number of Topliss-reactive ketones (excluding diaryl/α,β-unsaturated/α-hetero) is 2. The fourth-order valence-corrected chi connectivity index (χ4v) is 10.6. The molecule has 35 heavy (non-hydrogen) atoms. The number of allylic oxidation sites excluding steroid dienone is 4. The van der Waals surface area contributed by atoms with E-state index in [9.17, 15) is 9.59 Å². The van der Waals surface area contributed by atoms with Gasteiger partial charge in [0, 0.05) is 10.8 Å². The largest absolute Gasteiger partial charge is 0.307 e. The molecule has 0 amide bonds. The van der Waals surface area contributed by atoms with Crippen LogP contribution in [-0.2, 0) is 9.59 Å². The molecule has 5 aliphatic rings. The molecule has 9 atom stereocenters. The van der Waals surface area contributed by atoms with E-state index >= 15 is 0 Å². The first kappa shape index (κ1) is 25.0. The van der Waals surface area contributed by atoms with Crippen molar-refractivity contribution in [1.82, 2.24) is 0 Å². The molecule has 5 aliphatic carbocycles. The number of carbonyl (C=O) groups excluding carboxylic acids is 2. The van der Waals surface area contributed by atoms with Crippen LogP contribution in [0.5, 0.6) is 0 Å². The molecular formula is C32H45NO2. The molecule has 0 aromatic heterocycles. The maximum Gasteiger partial charge on any atom is 0.226 e. The SMILES string of the molecule is [C-]#[N+]C1=C[C@@]2(C)C(CC[C@]3(C)C2CC=C2C4[C@@H](C)[C@H](C)CC[C@]4(C(C)=O)CC[C@]23C)C(C)(C)C1=O. The van der Waals surface area contributed by atoms with Gasteiger partial charge in [0.05, 0.1) is 6.57 Å². The molecule has 0 heterocycles. The highest BCUT2D eigenvalue weighted by atomic mass is 16.1. The van der Waals surface area contributed by atoms with Crippen LogP contribution >= 0.6 is 0 Å². The Kier molecular flexibility index (Phi) is 5.30. The van der Waals surface area contributed by atoms with Crippen molar-refractivity contribution in [3.63, 3.8) is 0 Å². The third-order valence-electron chi connectivity index (χ3n) is 13.1. The van der Waals surface area contributed by atoms with E-state index in [0.717, 1.165) is 44.9 Å². The molecule has 0 aliphatic heterocycles. The maximum atomic E-state index is 13.3. The Bertz CT molecular complexity index is 1090. The first-order chi connectivity index (χ1) is 16.2. The molecule has 190 valence electrons. The van der Waals surface area contributed by atoms with E-state index in [1.165, 1.54) is 0 Å². The highest BCUT2D eigenvalue weighted by Gasteiger charge is 2.68. The standard InChI is InChI=1S/C32H45NO2/c1-19-12-15-32(21(3)34)17-16-30(7)22(26(32)20(19)2)10-11-25-29(6)18-23(33-9)27(35)28(4,5)24(29)13-14-31(25,30)8/h10,18-20,24-26H,11-17H2,1-8H3/t19-,20+,24?,25?,26?,29+,30-,31-,32-/m1/s1. The lowest BCUT2D eigenvalue weighted by atomic mass is 9.34. The molecule has 0 saturated heterocycles. The van der Waals surface area contributed by atoms with Crippen LogP contribution in [0.15, 0.2) is 23.4 Å². The Morgan fingerprint density at radius 1 is 1.00 bits per heavy atom. The summed E-state index contributed by atoms with van der Waals surface area (Å²) in [6, 6.07) is 0. The van der Waals surface area contributed by atoms with Crippen molar-refractivity contribution in [1.29, 1.82) is 0 Å². The Morgan fingerprint density at radius 2 is 1.69 bits per heavy atom. The molecule has 0 bridgehead atoms. The number of fused-ring (bicyclic) bond motifs is 7. The second-order valence-corrected chi connectivity index (χ2v) is 14.4. The van der Waals surface area contributed by atoms with Crippen molar-refractivity contribution in [3.05, 3.63) is 34.8 Å². The molecule has 3 nitrogen and oxygen atoms in total. The summed E-state index contributed by atoms with van der Waals surface area (Å²) in [6.07, 6.45) is 12.1. The summed E-state index contributed by atoms with van der Waals surface area (Å²) in [4.78, 5) is 30.2. The molecule has 0 aromatic rings. The summed E-state index contributed by atoms with van der Waals surface area (Å²) in [5, 5.41) is 0. The summed E-state index contributed by atoms with van der Waals surface area (Å²) < 4.78 is 0. The zero-order valence-electron chi connectivity index (χ0n) is 23.3. The lowest BCUT2D eigenvalue weighted by Gasteiger charge is -2.70. The van der Waals surface area contributed by atoms with Crippen LogP contribution in [-0.4, -0.2) is 11.6 Å². The predicted octanol–water partition coefficient (Wildman–Crippen LogP) is 7.83. The second-order valence-electron chi connectivity index (χ2n) is 14.4. The number of ketones is 2. The van der Waals surface area contributed by atoms with Gasteiger partial charge in [-0.05, 0) is 97.7 Å². The van der Waals surface area contributed by atoms with Gasteiger partial charge in [-0.1, -0.05) is 66.2 Å². The number of hydrogen-bond acceptors (Lipinski definition) is 2. The van der Waals surface area contributed by atoms with Crippen LogP contribution in [0.1, 0.15) is 100 Å². The van der Waals surface area contributed by atoms with Gasteiger partial charge in [-0.15, -0.1) is 0 Å². The van der Waals surface area contributed by atoms with Crippen LogP contribution in [0, 0.1) is 63.2 Å². The van der Waals surface area contributed by atoms with E-state index < -0.39 is 5.41 Å². The van der Waals surface area contributed by atoms with E-state index in [1.54, 1.807) is 5.57 Å². The molecule has 5 rings (SSSR count). The van der Waals surface area contributed by atoms with Crippen LogP contribution in [0.3, 0.4) is 0 Å². The average Bonchev–Trinajstić information content (AvgIpc) is 2.79. The van der Waals surface area contributed by atoms with E-state index in [2.05, 4.69) is 65.5 Å². The Hall–Kier alpha value is -1.69. The van der Waals surface area contributed by atoms with Gasteiger partial charge in [-0.2, -0.15) is 0 Å². The van der Waals surface area contributed by atoms with E-state index in [1.807, 2.05) is 6.92 Å². The zero-order chi connectivity index (χ0) is 25.8. The summed E-state index contributed by atoms with van der Waals surface area (Å²) in [5.41, 5.74) is 1.22. The normalized spacial score (nSPS) is 50.4. The molecule has 3 fully saturated rings. The molecule has 0 radical (unpaired) electrons. The van der Waals surface area contributed by atoms with Crippen LogP contribution in [0.4, 0.5) is 0 Å². The second kappa shape index (κ2) is 7.43. The molecule has 3 saturated carbocycles. The summed E-state index contributed by atoms with van der Waals surface area (Å²) in [5.74, 6) is 2.61. The molecular weight excluding hydrogens is 430 g/mol. The van der Waals surface area contributed by atoms with E-state index in [-0.39, 0.29) is 33.4 Å². The monoisotopic (exact) mass is 475 g/mol. The van der Waals surface area contributed by atoms with E-state index in [4.69, 9.17) is 6.57 Å². The molecule has 0 N–H and O–H groups in total. The topological polar surface area (TPSA) is 38.5 Å². The third kappa shape index (κ3) is 2.84. The van der Waals surface area contributed by atoms with Gasteiger partial charge >= 0.3 is 0 Å². The van der Waals surface area contributed by atoms with E-state index in [0.29, 0.717) is 35.2 Å². The Morgan fingerprint density at radius 3 is 2.31 bits per heavy atom. The number of rotatable bonds is 1. The van der Waals surface area contributed by atoms with Gasteiger partial charge in [0.15, 0.2) is 5.78 Å². The van der Waals surface area contributed by atoms with Gasteiger partial charge < -0.3 is 4.79 Å². The molecule has 3 heteroatoms. The minimum atomic E-state index is -0.501. The van der Waals surface area contributed by atoms with Gasteiger partial charge in [-0.3, -0.25) is 4.79 Å². The minimum Gasteiger partial charge on any atom is -0.307 e. The number of hydrogen-bond donors (Lipinski definition) is 0. The highest BCUT2D eigenvalue weighted by molar-refractivity contribution is 6.02. The number of nitrogens with zero attached hydrogens (tertiary/aromatic N) is 1. The first-order valence-corrected chi connectivity index (χ1v) is 14.1. The van der Waals surface area contributed by atoms with Crippen LogP contribution in [0.2, 0.25) is 0 Å². The van der Waals surface area contributed by atoms with Gasteiger partial charge in [0.1, 0.15) is 5.78 Å². The van der Waals surface area contributed by atoms with Crippen LogP contribution < -0.4 is 0 Å². The average molecular weight is 476 g/mol. The fourth-order valence-electron chi connectivity index (χ4n) is 10.6. The van der Waals surface area contributed by atoms with Gasteiger partial charge in [-0.25, -0.2) is 4.85 Å². The van der Waals surface area contributed by atoms with Gasteiger partial charge in [0.25, 0.3) is 0 Å². The van der Waals surface area contributed by atoms with Gasteiger partial charge in [0.2, 0.25) is 5.70 Å². The zero-order valence-corrected chi connectivity index (χ0v) is 23.3. The van der Waals surface area contributed by atoms with Crippen molar-refractivity contribution in [2.45, 2.75) is 100 Å². The van der Waals surface area contributed by atoms with Crippen molar-refractivity contribution in [3.8, 4) is 0 Å². The predicted molar refractivity (Wildman–Crippen MR) is 140 cm³/mol. The van der Waals surface area contributed by atoms with Crippen molar-refractivity contribution >= 4 is 11.6 Å². The highest BCUT2D eigenvalue weighted by Crippen LogP contribution is 2.75. The van der Waals surface area contributed by atoms with Crippen molar-refractivity contribution in [2.75, 3.05) is 0 Å². The Balaban J connectivity index is 1.67. The summed E-state index contributed by atoms with van der Waals surface area (Å²) in [6.45, 7) is 26.0. The number of carbonyl (C=O) groups is 2. The summed E-state index contributed by atoms with van der Waals surface area (Å²) in [7, 11) is 0. The molecule has 3 unspecified atom stereocenters. The van der Waals surface area contributed by atoms with Crippen molar-refractivity contribution < 1.29 is 9.59 Å². The first-order valence-electron chi connectivity index (χ1n) is 14.1. The smallest absolute Gasteiger partial charge is 0.226 e. The van der Waals surface area contributed by atoms with Crippen LogP contribution in [0.25, 0.3) is 4.85 Å². The van der Waals surface area contributed by atoms with Crippen molar-refractivity contribution in [2.24, 2.45) is 56.7 Å². The minimum absolute atomic E-state index is 0.0331. The lowest BCUT2D eigenvalue weighted by Crippen LogP contribution is -2.64. The maximum absolute atomic E-state index is 13.3. The third-order valence-corrected chi connectivity index (χ3v) is 13.1. The lowest BCUT2D eigenvalue weighted by molar-refractivity contribution is -0.166.